The maximum absolute atomic E-state index is 2.52. The first-order chi connectivity index (χ1) is 33.3. The summed E-state index contributed by atoms with van der Waals surface area (Å²) >= 11 is 0. The molecule has 3 aliphatic rings. The van der Waals surface area contributed by atoms with Gasteiger partial charge in [-0.25, -0.2) is 0 Å². The smallest absolute Gasteiger partial charge is 0.0720 e. The highest BCUT2D eigenvalue weighted by atomic mass is 15.1. The number of benzene rings is 11. The first kappa shape index (κ1) is 37.8. The molecule has 0 saturated carbocycles. The summed E-state index contributed by atoms with van der Waals surface area (Å²) < 4.78 is 0. The van der Waals surface area contributed by atoms with Crippen LogP contribution in [-0.4, -0.2) is 0 Å². The first-order valence-corrected chi connectivity index (χ1v) is 23.4. The van der Waals surface area contributed by atoms with E-state index in [-0.39, 0.29) is 0 Å². The molecule has 0 N–H and O–H groups in total. The van der Waals surface area contributed by atoms with Crippen LogP contribution in [-0.2, 0) is 10.8 Å². The van der Waals surface area contributed by atoms with Crippen molar-refractivity contribution in [3.63, 3.8) is 0 Å². The zero-order chi connectivity index (χ0) is 44.1. The Balaban J connectivity index is 1.02. The summed E-state index contributed by atoms with van der Waals surface area (Å²) in [6.45, 7) is 0. The standard InChI is InChI=1S/C66H43N/c1-2-18-44(19-3-1)45-36-38-46(39-37-45)47-40-42-49(43-41-47)67(62-34-16-21-48-20-4-5-22-50(48)62)63-35-17-33-61-64(63)53-25-8-11-28-56(53)66(61)59-31-14-12-29-57(59)65(58-30-13-15-32-60(58)66)54-26-9-6-23-51(54)52-24-7-10-27-55(52)65/h1-43H. The van der Waals surface area contributed by atoms with E-state index in [0.29, 0.717) is 0 Å². The van der Waals surface area contributed by atoms with E-state index < -0.39 is 10.8 Å². The maximum Gasteiger partial charge on any atom is 0.0720 e. The van der Waals surface area contributed by atoms with E-state index in [4.69, 9.17) is 0 Å². The number of fused-ring (bicyclic) bond motifs is 17. The molecule has 0 aliphatic heterocycles. The maximum atomic E-state index is 2.52. The SMILES string of the molecule is c1ccc(-c2ccc(-c3ccc(N(c4cccc5c4-c4ccccc4C54c5ccccc5C5(c6ccccc6-c6ccccc65)c5ccccc54)c4cccc5ccccc45)cc3)cc2)cc1. The van der Waals surface area contributed by atoms with Gasteiger partial charge in [-0.15, -0.1) is 0 Å². The number of nitrogens with zero attached hydrogens (tertiary/aromatic N) is 1. The molecule has 0 atom stereocenters. The molecule has 0 heterocycles. The molecule has 0 amide bonds. The molecule has 11 aromatic rings. The quantitative estimate of drug-likeness (QED) is 0.167. The van der Waals surface area contributed by atoms with Crippen LogP contribution in [0.2, 0.25) is 0 Å². The monoisotopic (exact) mass is 849 g/mol. The highest BCUT2D eigenvalue weighted by molar-refractivity contribution is 6.04. The second-order valence-electron chi connectivity index (χ2n) is 18.3. The first-order valence-electron chi connectivity index (χ1n) is 23.4. The molecule has 14 rings (SSSR count). The Kier molecular flexibility index (Phi) is 8.18. The summed E-state index contributed by atoms with van der Waals surface area (Å²) in [6.07, 6.45) is 0. The molecule has 67 heavy (non-hydrogen) atoms. The average Bonchev–Trinajstić information content (AvgIpc) is 3.87. The van der Waals surface area contributed by atoms with Crippen molar-refractivity contribution in [1.82, 2.24) is 0 Å². The molecule has 11 aromatic carbocycles. The fourth-order valence-corrected chi connectivity index (χ4v) is 12.6. The third-order valence-electron chi connectivity index (χ3n) is 15.2. The minimum Gasteiger partial charge on any atom is -0.309 e. The van der Waals surface area contributed by atoms with Crippen LogP contribution in [0.25, 0.3) is 55.3 Å². The molecule has 0 aromatic heterocycles. The van der Waals surface area contributed by atoms with Crippen molar-refractivity contribution in [2.75, 3.05) is 4.90 Å². The van der Waals surface area contributed by atoms with Gasteiger partial charge in [-0.1, -0.05) is 237 Å². The lowest BCUT2D eigenvalue weighted by Gasteiger charge is -2.48. The van der Waals surface area contributed by atoms with Gasteiger partial charge >= 0.3 is 0 Å². The van der Waals surface area contributed by atoms with E-state index >= 15 is 0 Å². The Bertz CT molecular complexity index is 3650. The third-order valence-corrected chi connectivity index (χ3v) is 15.2. The van der Waals surface area contributed by atoms with Crippen LogP contribution in [0, 0.1) is 0 Å². The third kappa shape index (κ3) is 5.14. The molecule has 1 heteroatoms. The van der Waals surface area contributed by atoms with E-state index in [1.54, 1.807) is 0 Å². The van der Waals surface area contributed by atoms with Gasteiger partial charge in [-0.2, -0.15) is 0 Å². The number of hydrogen-bond acceptors (Lipinski definition) is 1. The Hall–Kier alpha value is -8.52. The second-order valence-corrected chi connectivity index (χ2v) is 18.3. The minimum absolute atomic E-state index is 0.487. The summed E-state index contributed by atoms with van der Waals surface area (Å²) in [5.41, 5.74) is 23.0. The fraction of sp³-hybridized carbons (Fsp3) is 0.0303. The molecule has 0 bridgehead atoms. The summed E-state index contributed by atoms with van der Waals surface area (Å²) in [5, 5.41) is 2.42. The summed E-state index contributed by atoms with van der Waals surface area (Å²) in [6, 6.07) is 97.6. The fourth-order valence-electron chi connectivity index (χ4n) is 12.6. The van der Waals surface area contributed by atoms with Gasteiger partial charge < -0.3 is 4.90 Å². The van der Waals surface area contributed by atoms with Gasteiger partial charge in [0, 0.05) is 16.6 Å². The highest BCUT2D eigenvalue weighted by Crippen LogP contribution is 2.68. The van der Waals surface area contributed by atoms with E-state index in [0.717, 1.165) is 17.1 Å². The molecule has 0 saturated heterocycles. The zero-order valence-electron chi connectivity index (χ0n) is 36.8. The Morgan fingerprint density at radius 2 is 0.612 bits per heavy atom. The van der Waals surface area contributed by atoms with Crippen molar-refractivity contribution in [3.8, 4) is 44.5 Å². The van der Waals surface area contributed by atoms with Crippen molar-refractivity contribution in [3.05, 3.63) is 305 Å². The summed E-state index contributed by atoms with van der Waals surface area (Å²) in [7, 11) is 0. The van der Waals surface area contributed by atoms with Gasteiger partial charge in [-0.3, -0.25) is 0 Å². The lowest BCUT2D eigenvalue weighted by Crippen LogP contribution is -2.43. The molecule has 0 radical (unpaired) electrons. The normalized spacial score (nSPS) is 13.9. The van der Waals surface area contributed by atoms with Crippen LogP contribution in [0.5, 0.6) is 0 Å². The minimum atomic E-state index is -0.590. The molecule has 312 valence electrons. The molecule has 2 spiro atoms. The van der Waals surface area contributed by atoms with Crippen molar-refractivity contribution in [2.24, 2.45) is 0 Å². The van der Waals surface area contributed by atoms with Crippen molar-refractivity contribution >= 4 is 27.8 Å². The van der Waals surface area contributed by atoms with Gasteiger partial charge in [0.2, 0.25) is 0 Å². The highest BCUT2D eigenvalue weighted by Gasteiger charge is 2.59. The predicted octanol–water partition coefficient (Wildman–Crippen LogP) is 16.7. The van der Waals surface area contributed by atoms with Crippen LogP contribution >= 0.6 is 0 Å². The molecule has 1 nitrogen and oxygen atoms in total. The molecule has 0 unspecified atom stereocenters. The second kappa shape index (κ2) is 14.5. The number of hydrogen-bond donors (Lipinski definition) is 0. The predicted molar refractivity (Wildman–Crippen MR) is 278 cm³/mol. The molecular formula is C66H43N. The molecular weight excluding hydrogens is 807 g/mol. The molecule has 3 aliphatic carbocycles. The van der Waals surface area contributed by atoms with Crippen LogP contribution in [0.4, 0.5) is 17.1 Å². The van der Waals surface area contributed by atoms with E-state index in [1.165, 1.54) is 99.8 Å². The number of anilines is 3. The van der Waals surface area contributed by atoms with Crippen LogP contribution in [0.1, 0.15) is 44.5 Å². The van der Waals surface area contributed by atoms with E-state index in [2.05, 4.69) is 266 Å². The van der Waals surface area contributed by atoms with E-state index in [1.807, 2.05) is 0 Å². The number of rotatable bonds is 5. The lowest BCUT2D eigenvalue weighted by atomic mass is 9.52. The van der Waals surface area contributed by atoms with Crippen LogP contribution in [0.3, 0.4) is 0 Å². The summed E-state index contributed by atoms with van der Waals surface area (Å²) in [5.74, 6) is 0. The van der Waals surface area contributed by atoms with Crippen molar-refractivity contribution < 1.29 is 0 Å². The molecule has 0 fully saturated rings. The average molecular weight is 850 g/mol. The van der Waals surface area contributed by atoms with Crippen LogP contribution in [0.15, 0.2) is 261 Å². The Labute approximate surface area is 391 Å². The topological polar surface area (TPSA) is 3.24 Å². The lowest BCUT2D eigenvalue weighted by molar-refractivity contribution is 0.633. The van der Waals surface area contributed by atoms with Gasteiger partial charge in [0.15, 0.2) is 0 Å². The van der Waals surface area contributed by atoms with Gasteiger partial charge in [0.1, 0.15) is 0 Å². The Morgan fingerprint density at radius 3 is 1.19 bits per heavy atom. The summed E-state index contributed by atoms with van der Waals surface area (Å²) in [4.78, 5) is 2.52. The van der Waals surface area contributed by atoms with E-state index in [9.17, 15) is 0 Å². The van der Waals surface area contributed by atoms with Gasteiger partial charge in [0.25, 0.3) is 0 Å². The van der Waals surface area contributed by atoms with Gasteiger partial charge in [-0.05, 0) is 113 Å². The van der Waals surface area contributed by atoms with Crippen molar-refractivity contribution in [1.29, 1.82) is 0 Å². The van der Waals surface area contributed by atoms with Gasteiger partial charge in [0.05, 0.1) is 22.2 Å². The largest absolute Gasteiger partial charge is 0.309 e. The zero-order valence-corrected chi connectivity index (χ0v) is 36.8. The van der Waals surface area contributed by atoms with Crippen LogP contribution < -0.4 is 4.90 Å². The van der Waals surface area contributed by atoms with Crippen molar-refractivity contribution in [2.45, 2.75) is 10.8 Å². The Morgan fingerprint density at radius 1 is 0.239 bits per heavy atom.